The van der Waals surface area contributed by atoms with E-state index in [9.17, 15) is 4.79 Å². The fourth-order valence-electron chi connectivity index (χ4n) is 1.37. The lowest BCUT2D eigenvalue weighted by atomic mass is 10.0. The minimum Gasteiger partial charge on any atom is -0.480 e. The lowest BCUT2D eigenvalue weighted by molar-refractivity contribution is -0.139. The Balaban J connectivity index is 0. The molecule has 1 aromatic rings. The number of nitrogens with two attached hydrogens (primary N) is 1. The molecule has 0 saturated heterocycles. The monoisotopic (exact) mass is 293 g/mol. The zero-order chi connectivity index (χ0) is 12.1. The van der Waals surface area contributed by atoms with Crippen LogP contribution >= 0.6 is 24.8 Å². The molecule has 0 fully saturated rings. The van der Waals surface area contributed by atoms with Crippen LogP contribution in [-0.2, 0) is 11.2 Å². The number of carboxylic acids is 1. The van der Waals surface area contributed by atoms with E-state index in [1.807, 2.05) is 0 Å². The zero-order valence-electron chi connectivity index (χ0n) is 9.84. The normalized spacial score (nSPS) is 10.7. The van der Waals surface area contributed by atoms with E-state index in [1.54, 1.807) is 31.3 Å². The highest BCUT2D eigenvalue weighted by atomic mass is 35.5. The minimum atomic E-state index is -0.877. The maximum Gasteiger partial charge on any atom is 0.321 e. The van der Waals surface area contributed by atoms with Gasteiger partial charge in [-0.1, -0.05) is 24.3 Å². The standard InChI is InChI=1S/C11H15N3O2.2ClH/c1-14-9(11(15)16)6-7-2-4-8(5-3-7)10(12)13;;/h2-5,9,14H,6H2,1H3,(H3,12,13)(H,15,16);2*1H/t9-;;/m0../s1. The summed E-state index contributed by atoms with van der Waals surface area (Å²) in [6, 6.07) is 6.40. The average Bonchev–Trinajstić information content (AvgIpc) is 2.26. The molecule has 0 aromatic heterocycles. The van der Waals surface area contributed by atoms with Crippen molar-refractivity contribution in [3.05, 3.63) is 35.4 Å². The molecule has 0 saturated carbocycles. The van der Waals surface area contributed by atoms with E-state index < -0.39 is 12.0 Å². The molecule has 0 spiro atoms. The van der Waals surface area contributed by atoms with Gasteiger partial charge in [0, 0.05) is 5.56 Å². The van der Waals surface area contributed by atoms with Gasteiger partial charge in [-0.25, -0.2) is 0 Å². The Bertz CT molecular complexity index is 396. The number of rotatable bonds is 5. The molecule has 0 aliphatic rings. The third-order valence-corrected chi connectivity index (χ3v) is 2.35. The summed E-state index contributed by atoms with van der Waals surface area (Å²) in [7, 11) is 1.61. The van der Waals surface area contributed by atoms with Gasteiger partial charge >= 0.3 is 5.97 Å². The van der Waals surface area contributed by atoms with E-state index in [-0.39, 0.29) is 30.6 Å². The summed E-state index contributed by atoms with van der Waals surface area (Å²) in [6.07, 6.45) is 0.407. The first kappa shape index (κ1) is 19.0. The van der Waals surface area contributed by atoms with Crippen LogP contribution in [-0.4, -0.2) is 30.0 Å². The maximum atomic E-state index is 10.8. The van der Waals surface area contributed by atoms with Crippen LogP contribution in [0.25, 0.3) is 0 Å². The highest BCUT2D eigenvalue weighted by molar-refractivity contribution is 5.94. The number of halogens is 2. The number of benzene rings is 1. The Morgan fingerprint density at radius 3 is 2.22 bits per heavy atom. The Kier molecular flexibility index (Phi) is 9.25. The van der Waals surface area contributed by atoms with Gasteiger partial charge < -0.3 is 16.2 Å². The number of carboxylic acid groups (broad SMARTS) is 1. The molecule has 1 rings (SSSR count). The predicted molar refractivity (Wildman–Crippen MR) is 76.1 cm³/mol. The van der Waals surface area contributed by atoms with E-state index in [1.165, 1.54) is 0 Å². The highest BCUT2D eigenvalue weighted by Gasteiger charge is 2.14. The van der Waals surface area contributed by atoms with Gasteiger partial charge in [0.1, 0.15) is 11.9 Å². The number of aliphatic carboxylic acids is 1. The first-order valence-corrected chi connectivity index (χ1v) is 4.88. The molecule has 1 atom stereocenters. The van der Waals surface area contributed by atoms with E-state index in [0.29, 0.717) is 12.0 Å². The van der Waals surface area contributed by atoms with Crippen LogP contribution in [0.1, 0.15) is 11.1 Å². The Labute approximate surface area is 118 Å². The first-order valence-electron chi connectivity index (χ1n) is 4.88. The molecule has 0 bridgehead atoms. The summed E-state index contributed by atoms with van der Waals surface area (Å²) < 4.78 is 0. The molecule has 0 aliphatic heterocycles. The summed E-state index contributed by atoms with van der Waals surface area (Å²) in [4.78, 5) is 10.8. The number of hydrogen-bond donors (Lipinski definition) is 4. The van der Waals surface area contributed by atoms with Crippen molar-refractivity contribution in [2.45, 2.75) is 12.5 Å². The highest BCUT2D eigenvalue weighted by Crippen LogP contribution is 2.06. The molecular formula is C11H17Cl2N3O2. The average molecular weight is 294 g/mol. The topological polar surface area (TPSA) is 99.2 Å². The van der Waals surface area contributed by atoms with Crippen molar-refractivity contribution in [1.29, 1.82) is 5.41 Å². The van der Waals surface area contributed by atoms with Crippen molar-refractivity contribution < 1.29 is 9.90 Å². The van der Waals surface area contributed by atoms with Gasteiger partial charge in [-0.15, -0.1) is 24.8 Å². The maximum absolute atomic E-state index is 10.8. The molecule has 7 heteroatoms. The lowest BCUT2D eigenvalue weighted by Gasteiger charge is -2.11. The van der Waals surface area contributed by atoms with Crippen LogP contribution < -0.4 is 11.1 Å². The number of likely N-dealkylation sites (N-methyl/N-ethyl adjacent to an activating group) is 1. The van der Waals surface area contributed by atoms with Crippen molar-refractivity contribution in [3.63, 3.8) is 0 Å². The molecule has 5 nitrogen and oxygen atoms in total. The SMILES string of the molecule is CN[C@@H](Cc1ccc(C(=N)N)cc1)C(=O)O.Cl.Cl. The van der Waals surface area contributed by atoms with Crippen molar-refractivity contribution in [3.8, 4) is 0 Å². The molecule has 102 valence electrons. The molecule has 0 unspecified atom stereocenters. The first-order chi connectivity index (χ1) is 7.54. The largest absolute Gasteiger partial charge is 0.480 e. The fraction of sp³-hybridized carbons (Fsp3) is 0.273. The van der Waals surface area contributed by atoms with Crippen LogP contribution in [0.5, 0.6) is 0 Å². The van der Waals surface area contributed by atoms with Crippen molar-refractivity contribution in [1.82, 2.24) is 5.32 Å². The molecule has 18 heavy (non-hydrogen) atoms. The molecule has 0 heterocycles. The van der Waals surface area contributed by atoms with Gasteiger partial charge in [0.15, 0.2) is 0 Å². The molecule has 0 radical (unpaired) electrons. The van der Waals surface area contributed by atoms with Crippen molar-refractivity contribution >= 4 is 36.6 Å². The van der Waals surface area contributed by atoms with Crippen LogP contribution in [0.15, 0.2) is 24.3 Å². The number of carbonyl (C=O) groups is 1. The van der Waals surface area contributed by atoms with Crippen molar-refractivity contribution in [2.24, 2.45) is 5.73 Å². The molecule has 1 aromatic carbocycles. The van der Waals surface area contributed by atoms with Gasteiger partial charge in [0.05, 0.1) is 0 Å². The van der Waals surface area contributed by atoms with E-state index >= 15 is 0 Å². The minimum absolute atomic E-state index is 0. The summed E-state index contributed by atoms with van der Waals surface area (Å²) in [5, 5.41) is 18.8. The fourth-order valence-corrected chi connectivity index (χ4v) is 1.37. The molecule has 0 amide bonds. The van der Waals surface area contributed by atoms with E-state index in [0.717, 1.165) is 5.56 Å². The summed E-state index contributed by atoms with van der Waals surface area (Å²) in [5.74, 6) is -0.868. The van der Waals surface area contributed by atoms with Gasteiger partial charge in [-0.2, -0.15) is 0 Å². The van der Waals surface area contributed by atoms with Crippen LogP contribution in [0, 0.1) is 5.41 Å². The second kappa shape index (κ2) is 8.74. The van der Waals surface area contributed by atoms with E-state index in [2.05, 4.69) is 5.32 Å². The van der Waals surface area contributed by atoms with Crippen LogP contribution in [0.4, 0.5) is 0 Å². The van der Waals surface area contributed by atoms with Gasteiger partial charge in [0.25, 0.3) is 0 Å². The molecular weight excluding hydrogens is 277 g/mol. The smallest absolute Gasteiger partial charge is 0.321 e. The van der Waals surface area contributed by atoms with Crippen LogP contribution in [0.2, 0.25) is 0 Å². The number of hydrogen-bond acceptors (Lipinski definition) is 3. The number of nitrogens with one attached hydrogen (secondary N) is 2. The third-order valence-electron chi connectivity index (χ3n) is 2.35. The second-order valence-corrected chi connectivity index (χ2v) is 3.49. The Morgan fingerprint density at radius 1 is 1.39 bits per heavy atom. The van der Waals surface area contributed by atoms with Gasteiger partial charge in [-0.05, 0) is 19.0 Å². The molecule has 5 N–H and O–H groups in total. The Morgan fingerprint density at radius 2 is 1.89 bits per heavy atom. The Hall–Kier alpha value is -1.30. The summed E-state index contributed by atoms with van der Waals surface area (Å²) in [6.45, 7) is 0. The predicted octanol–water partition coefficient (Wildman–Crippen LogP) is 1.03. The van der Waals surface area contributed by atoms with Crippen LogP contribution in [0.3, 0.4) is 0 Å². The summed E-state index contributed by atoms with van der Waals surface area (Å²) >= 11 is 0. The number of nitrogen functional groups attached to an aromatic ring is 1. The van der Waals surface area contributed by atoms with E-state index in [4.69, 9.17) is 16.2 Å². The quantitative estimate of drug-likeness (QED) is 0.481. The summed E-state index contributed by atoms with van der Waals surface area (Å²) in [5.41, 5.74) is 6.85. The molecule has 0 aliphatic carbocycles. The third kappa shape index (κ3) is 5.35. The second-order valence-electron chi connectivity index (χ2n) is 3.49. The zero-order valence-corrected chi connectivity index (χ0v) is 11.5. The number of amidine groups is 1. The van der Waals surface area contributed by atoms with Gasteiger partial charge in [0.2, 0.25) is 0 Å². The van der Waals surface area contributed by atoms with Gasteiger partial charge in [-0.3, -0.25) is 10.2 Å². The lowest BCUT2D eigenvalue weighted by Crippen LogP contribution is -2.35. The van der Waals surface area contributed by atoms with Crippen molar-refractivity contribution in [2.75, 3.05) is 7.05 Å².